The molecule has 0 aliphatic heterocycles. The number of hydrazone groups is 1. The van der Waals surface area contributed by atoms with Gasteiger partial charge in [0.05, 0.1) is 27.3 Å². The Kier molecular flexibility index (Phi) is 6.38. The van der Waals surface area contributed by atoms with Gasteiger partial charge in [-0.05, 0) is 49.4 Å². The van der Waals surface area contributed by atoms with Gasteiger partial charge >= 0.3 is 5.69 Å². The van der Waals surface area contributed by atoms with Gasteiger partial charge in [0, 0.05) is 28.8 Å². The second-order valence-corrected chi connectivity index (χ2v) is 8.38. The Morgan fingerprint density at radius 2 is 1.79 bits per heavy atom. The topological polar surface area (TPSA) is 162 Å². The molecule has 2 aromatic heterocycles. The van der Waals surface area contributed by atoms with Crippen molar-refractivity contribution < 1.29 is 19.3 Å². The van der Waals surface area contributed by atoms with Crippen LogP contribution in [0.5, 0.6) is 5.75 Å². The summed E-state index contributed by atoms with van der Waals surface area (Å²) in [5.74, 6) is -0.953. The summed E-state index contributed by atoms with van der Waals surface area (Å²) in [6, 6.07) is 17.4. The number of benzene rings is 3. The first-order valence-corrected chi connectivity index (χ1v) is 11.4. The Hall–Kier alpha value is -5.72. The van der Waals surface area contributed by atoms with Crippen molar-refractivity contribution in [3.05, 3.63) is 122 Å². The first kappa shape index (κ1) is 25.0. The molecule has 0 atom stereocenters. The van der Waals surface area contributed by atoms with Crippen molar-refractivity contribution in [1.29, 1.82) is 0 Å². The lowest BCUT2D eigenvalue weighted by atomic mass is 10.0. The van der Waals surface area contributed by atoms with Crippen LogP contribution < -0.4 is 5.43 Å². The monoisotopic (exact) mass is 527 g/mol. The third-order valence-electron chi connectivity index (χ3n) is 5.87. The quantitative estimate of drug-likeness (QED) is 0.165. The molecule has 0 aliphatic rings. The Morgan fingerprint density at radius 1 is 1.03 bits per heavy atom. The number of aryl methyl sites for hydroxylation is 1. The summed E-state index contributed by atoms with van der Waals surface area (Å²) in [5, 5.41) is 42.7. The molecule has 13 heteroatoms. The van der Waals surface area contributed by atoms with E-state index >= 15 is 0 Å². The lowest BCUT2D eigenvalue weighted by molar-refractivity contribution is -0.393. The minimum Gasteiger partial charge on any atom is -0.507 e. The molecule has 0 fully saturated rings. The van der Waals surface area contributed by atoms with Gasteiger partial charge < -0.3 is 5.11 Å². The molecule has 5 aromatic rings. The van der Waals surface area contributed by atoms with E-state index in [9.17, 15) is 29.7 Å². The molecule has 0 radical (unpaired) electrons. The Balaban J connectivity index is 1.65. The van der Waals surface area contributed by atoms with Gasteiger partial charge in [-0.2, -0.15) is 10.2 Å². The van der Waals surface area contributed by atoms with Crippen LogP contribution in [0.1, 0.15) is 16.8 Å². The number of phenols is 1. The molecule has 3 aromatic carbocycles. The van der Waals surface area contributed by atoms with E-state index in [2.05, 4.69) is 20.6 Å². The number of pyridine rings is 1. The highest BCUT2D eigenvalue weighted by atomic mass is 19.1. The number of fused-ring (bicyclic) bond motifs is 1. The number of aromatic hydroxyl groups is 1. The van der Waals surface area contributed by atoms with E-state index in [0.29, 0.717) is 22.3 Å². The van der Waals surface area contributed by atoms with Crippen molar-refractivity contribution in [2.45, 2.75) is 6.92 Å². The number of aromatic nitrogens is 3. The zero-order chi connectivity index (χ0) is 27.7. The summed E-state index contributed by atoms with van der Waals surface area (Å²) < 4.78 is 15.9. The van der Waals surface area contributed by atoms with Gasteiger partial charge in [-0.1, -0.05) is 18.2 Å². The second kappa shape index (κ2) is 9.97. The fourth-order valence-electron chi connectivity index (χ4n) is 4.00. The van der Waals surface area contributed by atoms with Crippen LogP contribution in [-0.4, -0.2) is 35.4 Å². The van der Waals surface area contributed by atoms with Crippen molar-refractivity contribution in [3.8, 4) is 11.4 Å². The summed E-state index contributed by atoms with van der Waals surface area (Å²) in [6.07, 6.45) is 1.46. The normalized spacial score (nSPS) is 11.5. The maximum absolute atomic E-state index is 14.2. The van der Waals surface area contributed by atoms with Crippen LogP contribution >= 0.6 is 0 Å². The van der Waals surface area contributed by atoms with E-state index in [1.807, 2.05) is 30.3 Å². The van der Waals surface area contributed by atoms with E-state index in [0.717, 1.165) is 42.1 Å². The molecule has 2 N–H and O–H groups in total. The minimum absolute atomic E-state index is 0.0127. The first-order valence-electron chi connectivity index (χ1n) is 11.4. The molecular weight excluding hydrogens is 509 g/mol. The molecule has 194 valence electrons. The molecule has 0 spiro atoms. The largest absolute Gasteiger partial charge is 0.507 e. The zero-order valence-corrected chi connectivity index (χ0v) is 20.1. The van der Waals surface area contributed by atoms with Crippen LogP contribution in [0.15, 0.2) is 84.1 Å². The van der Waals surface area contributed by atoms with Gasteiger partial charge in [0.1, 0.15) is 23.0 Å². The molecule has 12 nitrogen and oxygen atoms in total. The van der Waals surface area contributed by atoms with Crippen LogP contribution in [0.2, 0.25) is 0 Å². The van der Waals surface area contributed by atoms with E-state index in [1.54, 1.807) is 17.7 Å². The highest BCUT2D eigenvalue weighted by Gasteiger charge is 2.21. The number of halogens is 1. The van der Waals surface area contributed by atoms with Crippen molar-refractivity contribution >= 4 is 33.8 Å². The number of para-hydroxylation sites is 1. The van der Waals surface area contributed by atoms with E-state index in [-0.39, 0.29) is 22.7 Å². The Bertz CT molecular complexity index is 1790. The molecule has 0 saturated carbocycles. The molecule has 2 heterocycles. The van der Waals surface area contributed by atoms with Gasteiger partial charge in [-0.3, -0.25) is 25.7 Å². The SMILES string of the molecule is Cc1nn(-c2ccccc2)c2ncc(/C(=N/Nc3ccc([N+](=O)[O-])cc3[N+](=O)[O-])c3cc(F)ccc3O)cc12. The minimum atomic E-state index is -0.793. The van der Waals surface area contributed by atoms with Crippen LogP contribution in [0, 0.1) is 33.0 Å². The fourth-order valence-corrected chi connectivity index (χ4v) is 4.00. The highest BCUT2D eigenvalue weighted by Crippen LogP contribution is 2.30. The van der Waals surface area contributed by atoms with Crippen molar-refractivity contribution in [3.63, 3.8) is 0 Å². The zero-order valence-electron chi connectivity index (χ0n) is 20.1. The Morgan fingerprint density at radius 3 is 2.51 bits per heavy atom. The van der Waals surface area contributed by atoms with Gasteiger partial charge in [-0.25, -0.2) is 14.1 Å². The number of hydrogen-bond acceptors (Lipinski definition) is 9. The number of phenolic OH excluding ortho intramolecular Hbond substituents is 1. The molecule has 39 heavy (non-hydrogen) atoms. The van der Waals surface area contributed by atoms with Crippen LogP contribution in [0.3, 0.4) is 0 Å². The molecule has 0 unspecified atom stereocenters. The lowest BCUT2D eigenvalue weighted by Crippen LogP contribution is -2.09. The number of non-ortho nitro benzene ring substituents is 1. The first-order chi connectivity index (χ1) is 18.7. The van der Waals surface area contributed by atoms with Crippen LogP contribution in [0.25, 0.3) is 16.7 Å². The number of anilines is 1. The standard InChI is InChI=1S/C26H18FN7O5/c1-15-20-11-16(14-28-26(20)32(31-15)18-5-3-2-4-6-18)25(21-12-17(27)7-10-24(21)35)30-29-22-9-8-19(33(36)37)13-23(22)34(38)39/h2-14,29,35H,1H3/b30-25-. The third kappa shape index (κ3) is 4.83. The summed E-state index contributed by atoms with van der Waals surface area (Å²) in [7, 11) is 0. The summed E-state index contributed by atoms with van der Waals surface area (Å²) >= 11 is 0. The number of nitro benzene ring substituents is 2. The van der Waals surface area contributed by atoms with Gasteiger partial charge in [-0.15, -0.1) is 0 Å². The number of hydrogen-bond donors (Lipinski definition) is 2. The van der Waals surface area contributed by atoms with Gasteiger partial charge in [0.2, 0.25) is 0 Å². The summed E-state index contributed by atoms with van der Waals surface area (Å²) in [6.45, 7) is 1.79. The fraction of sp³-hybridized carbons (Fsp3) is 0.0385. The van der Waals surface area contributed by atoms with Crippen molar-refractivity contribution in [2.75, 3.05) is 5.43 Å². The van der Waals surface area contributed by atoms with Crippen molar-refractivity contribution in [1.82, 2.24) is 14.8 Å². The maximum Gasteiger partial charge on any atom is 0.301 e. The Labute approximate surface area is 219 Å². The van der Waals surface area contributed by atoms with Gasteiger partial charge in [0.15, 0.2) is 5.65 Å². The van der Waals surface area contributed by atoms with E-state index in [1.165, 1.54) is 6.20 Å². The number of nitro groups is 2. The van der Waals surface area contributed by atoms with Gasteiger partial charge in [0.25, 0.3) is 5.69 Å². The smallest absolute Gasteiger partial charge is 0.301 e. The maximum atomic E-state index is 14.2. The molecular formula is C26H18FN7O5. The highest BCUT2D eigenvalue weighted by molar-refractivity contribution is 6.15. The number of nitrogens with one attached hydrogen (secondary N) is 1. The number of nitrogens with zero attached hydrogens (tertiary/aromatic N) is 6. The predicted octanol–water partition coefficient (Wildman–Crippen LogP) is 5.25. The predicted molar refractivity (Wildman–Crippen MR) is 141 cm³/mol. The third-order valence-corrected chi connectivity index (χ3v) is 5.87. The molecule has 5 rings (SSSR count). The number of rotatable bonds is 7. The van der Waals surface area contributed by atoms with E-state index < -0.39 is 27.0 Å². The van der Waals surface area contributed by atoms with Crippen LogP contribution in [0.4, 0.5) is 21.5 Å². The lowest BCUT2D eigenvalue weighted by Gasteiger charge is -2.11. The molecule has 0 aliphatic carbocycles. The summed E-state index contributed by atoms with van der Waals surface area (Å²) in [5.41, 5.74) is 3.65. The molecule has 0 amide bonds. The molecule has 0 saturated heterocycles. The van der Waals surface area contributed by atoms with Crippen LogP contribution in [-0.2, 0) is 0 Å². The van der Waals surface area contributed by atoms with Crippen molar-refractivity contribution in [2.24, 2.45) is 5.10 Å². The average molecular weight is 527 g/mol. The summed E-state index contributed by atoms with van der Waals surface area (Å²) in [4.78, 5) is 25.6. The van der Waals surface area contributed by atoms with E-state index in [4.69, 9.17) is 0 Å². The second-order valence-electron chi connectivity index (χ2n) is 8.38. The average Bonchev–Trinajstić information content (AvgIpc) is 3.26. The molecule has 0 bridgehead atoms.